The summed E-state index contributed by atoms with van der Waals surface area (Å²) in [6, 6.07) is 0.740. The molecule has 0 aromatic rings. The predicted octanol–water partition coefficient (Wildman–Crippen LogP) is 1.65. The van der Waals surface area contributed by atoms with Crippen molar-refractivity contribution >= 4 is 11.8 Å². The third kappa shape index (κ3) is 2.86. The van der Waals surface area contributed by atoms with Crippen LogP contribution >= 0.6 is 11.8 Å². The van der Waals surface area contributed by atoms with E-state index in [1.54, 1.807) is 0 Å². The van der Waals surface area contributed by atoms with Crippen LogP contribution in [0.4, 0.5) is 0 Å². The summed E-state index contributed by atoms with van der Waals surface area (Å²) in [5.74, 6) is 1.29. The second-order valence-electron chi connectivity index (χ2n) is 4.12. The van der Waals surface area contributed by atoms with Gasteiger partial charge in [0.05, 0.1) is 6.10 Å². The normalized spacial score (nSPS) is 39.9. The van der Waals surface area contributed by atoms with Crippen LogP contribution in [0.5, 0.6) is 0 Å². The first-order valence-electron chi connectivity index (χ1n) is 5.31. The van der Waals surface area contributed by atoms with Crippen molar-refractivity contribution in [2.24, 2.45) is 0 Å². The molecule has 0 aliphatic carbocycles. The van der Waals surface area contributed by atoms with Crippen molar-refractivity contribution in [2.45, 2.75) is 43.6 Å². The zero-order chi connectivity index (χ0) is 9.10. The summed E-state index contributed by atoms with van der Waals surface area (Å²) in [6.07, 6.45) is 4.34. The Morgan fingerprint density at radius 3 is 3.08 bits per heavy atom. The number of ether oxygens (including phenoxy) is 1. The van der Waals surface area contributed by atoms with Crippen LogP contribution in [0, 0.1) is 0 Å². The minimum Gasteiger partial charge on any atom is -0.377 e. The first-order chi connectivity index (χ1) is 6.34. The monoisotopic (exact) mass is 201 g/mol. The number of hydrogen-bond acceptors (Lipinski definition) is 3. The van der Waals surface area contributed by atoms with Crippen LogP contribution in [-0.2, 0) is 4.74 Å². The van der Waals surface area contributed by atoms with Crippen LogP contribution in [0.3, 0.4) is 0 Å². The molecule has 2 aliphatic heterocycles. The maximum Gasteiger partial charge on any atom is 0.0700 e. The van der Waals surface area contributed by atoms with E-state index in [0.29, 0.717) is 6.10 Å². The van der Waals surface area contributed by atoms with Gasteiger partial charge < -0.3 is 10.1 Å². The lowest BCUT2D eigenvalue weighted by Gasteiger charge is -2.15. The van der Waals surface area contributed by atoms with E-state index in [-0.39, 0.29) is 0 Å². The third-order valence-corrected chi connectivity index (χ3v) is 4.21. The van der Waals surface area contributed by atoms with Gasteiger partial charge in [-0.15, -0.1) is 0 Å². The highest BCUT2D eigenvalue weighted by Gasteiger charge is 2.23. The highest BCUT2D eigenvalue weighted by atomic mass is 32.2. The van der Waals surface area contributed by atoms with Crippen molar-refractivity contribution in [1.82, 2.24) is 5.32 Å². The second kappa shape index (κ2) is 4.67. The van der Waals surface area contributed by atoms with Gasteiger partial charge in [-0.05, 0) is 19.3 Å². The first-order valence-corrected chi connectivity index (χ1v) is 6.36. The molecule has 0 amide bonds. The van der Waals surface area contributed by atoms with Gasteiger partial charge in [0, 0.05) is 30.2 Å². The molecule has 3 heteroatoms. The smallest absolute Gasteiger partial charge is 0.0700 e. The average molecular weight is 201 g/mol. The summed E-state index contributed by atoms with van der Waals surface area (Å²) in [5, 5.41) is 4.46. The summed E-state index contributed by atoms with van der Waals surface area (Å²) < 4.78 is 5.57. The minimum absolute atomic E-state index is 0.501. The molecule has 1 N–H and O–H groups in total. The van der Waals surface area contributed by atoms with Crippen LogP contribution in [-0.4, -0.2) is 36.3 Å². The maximum absolute atomic E-state index is 5.57. The molecule has 0 aromatic carbocycles. The summed E-state index contributed by atoms with van der Waals surface area (Å²) in [7, 11) is 0. The van der Waals surface area contributed by atoms with E-state index in [1.165, 1.54) is 25.0 Å². The largest absolute Gasteiger partial charge is 0.377 e. The molecule has 0 aromatic heterocycles. The summed E-state index contributed by atoms with van der Waals surface area (Å²) in [5.41, 5.74) is 0. The maximum atomic E-state index is 5.57. The summed E-state index contributed by atoms with van der Waals surface area (Å²) >= 11 is 2.08. The van der Waals surface area contributed by atoms with Gasteiger partial charge in [-0.3, -0.25) is 0 Å². The predicted molar refractivity (Wildman–Crippen MR) is 57.3 cm³/mol. The zero-order valence-corrected chi connectivity index (χ0v) is 9.11. The van der Waals surface area contributed by atoms with Gasteiger partial charge in [-0.2, -0.15) is 11.8 Å². The number of hydrogen-bond donors (Lipinski definition) is 1. The van der Waals surface area contributed by atoms with E-state index in [4.69, 9.17) is 4.74 Å². The SMILES string of the molecule is CC1CC(NCC2CCCO2)CS1. The van der Waals surface area contributed by atoms with Crippen LogP contribution in [0.2, 0.25) is 0 Å². The summed E-state index contributed by atoms with van der Waals surface area (Å²) in [4.78, 5) is 0. The third-order valence-electron chi connectivity index (χ3n) is 2.86. The molecule has 76 valence electrons. The van der Waals surface area contributed by atoms with Gasteiger partial charge in [-0.25, -0.2) is 0 Å². The van der Waals surface area contributed by atoms with Gasteiger partial charge >= 0.3 is 0 Å². The molecule has 2 saturated heterocycles. The minimum atomic E-state index is 0.501. The van der Waals surface area contributed by atoms with Gasteiger partial charge in [-0.1, -0.05) is 6.92 Å². The molecule has 13 heavy (non-hydrogen) atoms. The molecule has 2 fully saturated rings. The van der Waals surface area contributed by atoms with Gasteiger partial charge in [0.15, 0.2) is 0 Å². The van der Waals surface area contributed by atoms with Gasteiger partial charge in [0.1, 0.15) is 0 Å². The Hall–Kier alpha value is 0.270. The molecule has 2 rings (SSSR count). The standard InChI is InChI=1S/C10H19NOS/c1-8-5-9(7-13-8)11-6-10-3-2-4-12-10/h8-11H,2-7H2,1H3. The van der Waals surface area contributed by atoms with E-state index in [9.17, 15) is 0 Å². The zero-order valence-electron chi connectivity index (χ0n) is 8.29. The molecular weight excluding hydrogens is 182 g/mol. The summed E-state index contributed by atoms with van der Waals surface area (Å²) in [6.45, 7) is 4.36. The van der Waals surface area contributed by atoms with Crippen molar-refractivity contribution in [1.29, 1.82) is 0 Å². The molecule has 2 nitrogen and oxygen atoms in total. The first kappa shape index (κ1) is 9.81. The molecule has 3 unspecified atom stereocenters. The molecule has 0 spiro atoms. The van der Waals surface area contributed by atoms with E-state index in [1.807, 2.05) is 0 Å². The Balaban J connectivity index is 1.62. The fourth-order valence-corrected chi connectivity index (χ4v) is 3.25. The van der Waals surface area contributed by atoms with E-state index >= 15 is 0 Å². The highest BCUT2D eigenvalue weighted by molar-refractivity contribution is 8.00. The van der Waals surface area contributed by atoms with Crippen LogP contribution in [0.25, 0.3) is 0 Å². The van der Waals surface area contributed by atoms with Crippen LogP contribution in [0.15, 0.2) is 0 Å². The Morgan fingerprint density at radius 1 is 1.54 bits per heavy atom. The Morgan fingerprint density at radius 2 is 2.46 bits per heavy atom. The van der Waals surface area contributed by atoms with E-state index in [2.05, 4.69) is 24.0 Å². The molecule has 2 heterocycles. The fraction of sp³-hybridized carbons (Fsp3) is 1.00. The van der Waals surface area contributed by atoms with Crippen molar-refractivity contribution in [2.75, 3.05) is 18.9 Å². The molecular formula is C10H19NOS. The highest BCUT2D eigenvalue weighted by Crippen LogP contribution is 2.26. The number of thioether (sulfide) groups is 1. The lowest BCUT2D eigenvalue weighted by Crippen LogP contribution is -2.35. The number of nitrogens with one attached hydrogen (secondary N) is 1. The lowest BCUT2D eigenvalue weighted by atomic mass is 10.2. The lowest BCUT2D eigenvalue weighted by molar-refractivity contribution is 0.108. The Labute approximate surface area is 84.8 Å². The average Bonchev–Trinajstić information content (AvgIpc) is 2.71. The van der Waals surface area contributed by atoms with Crippen molar-refractivity contribution < 1.29 is 4.74 Å². The quantitative estimate of drug-likeness (QED) is 0.750. The van der Waals surface area contributed by atoms with Crippen molar-refractivity contribution in [3.8, 4) is 0 Å². The fourth-order valence-electron chi connectivity index (χ4n) is 2.06. The van der Waals surface area contributed by atoms with Crippen LogP contribution < -0.4 is 5.32 Å². The molecule has 3 atom stereocenters. The second-order valence-corrected chi connectivity index (χ2v) is 5.59. The topological polar surface area (TPSA) is 21.3 Å². The van der Waals surface area contributed by atoms with Crippen molar-refractivity contribution in [3.05, 3.63) is 0 Å². The molecule has 0 radical (unpaired) electrons. The molecule has 0 bridgehead atoms. The van der Waals surface area contributed by atoms with E-state index in [0.717, 1.165) is 24.4 Å². The van der Waals surface area contributed by atoms with Crippen LogP contribution in [0.1, 0.15) is 26.2 Å². The van der Waals surface area contributed by atoms with E-state index < -0.39 is 0 Å². The van der Waals surface area contributed by atoms with Gasteiger partial charge in [0.2, 0.25) is 0 Å². The Bertz CT molecular complexity index is 159. The van der Waals surface area contributed by atoms with Crippen molar-refractivity contribution in [3.63, 3.8) is 0 Å². The number of rotatable bonds is 3. The van der Waals surface area contributed by atoms with Gasteiger partial charge in [0.25, 0.3) is 0 Å². The molecule has 2 aliphatic rings. The Kier molecular flexibility index (Phi) is 3.52. The molecule has 0 saturated carbocycles.